The van der Waals surface area contributed by atoms with Crippen LogP contribution >= 0.6 is 0 Å². The van der Waals surface area contributed by atoms with E-state index in [0.29, 0.717) is 28.5 Å². The molecule has 0 spiro atoms. The van der Waals surface area contributed by atoms with E-state index in [1.165, 1.54) is 6.92 Å². The summed E-state index contributed by atoms with van der Waals surface area (Å²) >= 11 is 0. The Balaban J connectivity index is 1.89. The number of fused-ring (bicyclic) bond motifs is 1. The van der Waals surface area contributed by atoms with E-state index in [-0.39, 0.29) is 57.7 Å². The number of aliphatic carboxylic acids is 1. The van der Waals surface area contributed by atoms with Gasteiger partial charge >= 0.3 is 5.97 Å². The molecule has 26 N–H and O–H groups in total. The molecule has 1 heterocycles. The summed E-state index contributed by atoms with van der Waals surface area (Å²) in [6.45, 7) is 9.59. The third-order valence-corrected chi connectivity index (χ3v) is 16.3. The second-order valence-electron chi connectivity index (χ2n) is 25.6. The summed E-state index contributed by atoms with van der Waals surface area (Å²) in [6, 6.07) is -2.39. The van der Waals surface area contributed by atoms with Gasteiger partial charge in [0.2, 0.25) is 76.8 Å². The van der Waals surface area contributed by atoms with Crippen molar-refractivity contribution in [3.8, 4) is 0 Å². The van der Waals surface area contributed by atoms with Gasteiger partial charge in [-0.3, -0.25) is 67.1 Å². The predicted octanol–water partition coefficient (Wildman–Crippen LogP) is -6.12. The van der Waals surface area contributed by atoms with Gasteiger partial charge in [-0.1, -0.05) is 103 Å². The molecular weight excluding hydrogens is 1300 g/mol. The third kappa shape index (κ3) is 27.2. The fourth-order valence-corrected chi connectivity index (χ4v) is 9.99. The second-order valence-corrected chi connectivity index (χ2v) is 25.6. The van der Waals surface area contributed by atoms with Crippen LogP contribution in [0, 0.1) is 17.3 Å². The molecular formula is C65H102N18O17. The van der Waals surface area contributed by atoms with Crippen molar-refractivity contribution in [2.45, 2.75) is 179 Å². The van der Waals surface area contributed by atoms with Crippen LogP contribution in [0.4, 0.5) is 0 Å². The number of carbonyl (C=O) groups is 14. The quantitative estimate of drug-likeness (QED) is 0.0251. The minimum Gasteiger partial charge on any atom is -0.481 e. The first-order chi connectivity index (χ1) is 47.1. The molecule has 2 aromatic carbocycles. The van der Waals surface area contributed by atoms with E-state index in [1.807, 2.05) is 0 Å². The van der Waals surface area contributed by atoms with Crippen LogP contribution in [0.1, 0.15) is 105 Å². The Bertz CT molecular complexity index is 3290. The van der Waals surface area contributed by atoms with Gasteiger partial charge < -0.3 is 113 Å². The largest absolute Gasteiger partial charge is 0.481 e. The van der Waals surface area contributed by atoms with E-state index in [1.54, 1.807) is 109 Å². The van der Waals surface area contributed by atoms with E-state index in [0.717, 1.165) is 0 Å². The maximum absolute atomic E-state index is 14.5. The summed E-state index contributed by atoms with van der Waals surface area (Å²) in [6.07, 6.45) is -0.425. The van der Waals surface area contributed by atoms with Crippen molar-refractivity contribution in [1.29, 1.82) is 0 Å². The van der Waals surface area contributed by atoms with Gasteiger partial charge in [0.1, 0.15) is 66.5 Å². The maximum atomic E-state index is 14.5. The topological polar surface area (TPSA) is 590 Å². The molecule has 0 bridgehead atoms. The van der Waals surface area contributed by atoms with Crippen molar-refractivity contribution >= 4 is 93.7 Å². The molecule has 3 aromatic rings. The monoisotopic (exact) mass is 1410 g/mol. The number of nitrogens with two attached hydrogens (primary N) is 5. The van der Waals surface area contributed by atoms with E-state index in [4.69, 9.17) is 28.7 Å². The summed E-state index contributed by atoms with van der Waals surface area (Å²) in [7, 11) is 0. The van der Waals surface area contributed by atoms with Crippen molar-refractivity contribution in [3.63, 3.8) is 0 Å². The maximum Gasteiger partial charge on any atom is 0.303 e. The molecule has 0 saturated heterocycles. The van der Waals surface area contributed by atoms with E-state index >= 15 is 0 Å². The van der Waals surface area contributed by atoms with Crippen LogP contribution in [0.2, 0.25) is 0 Å². The smallest absolute Gasteiger partial charge is 0.303 e. The zero-order chi connectivity index (χ0) is 75.1. The number of carboxylic acids is 1. The number of aromatic nitrogens is 1. The molecule has 35 heteroatoms. The molecule has 0 aliphatic carbocycles. The van der Waals surface area contributed by atoms with E-state index < -0.39 is 199 Å². The van der Waals surface area contributed by atoms with Gasteiger partial charge in [-0.05, 0) is 86.7 Å². The molecule has 0 saturated carbocycles. The number of primary amides is 1. The Hall–Kier alpha value is -9.68. The van der Waals surface area contributed by atoms with Crippen LogP contribution in [0.15, 0.2) is 60.8 Å². The van der Waals surface area contributed by atoms with Gasteiger partial charge in [0.25, 0.3) is 0 Å². The Morgan fingerprint density at radius 1 is 0.500 bits per heavy atom. The molecule has 13 atom stereocenters. The van der Waals surface area contributed by atoms with Crippen LogP contribution in [-0.2, 0) is 80.0 Å². The molecule has 554 valence electrons. The number of carboxylic acid groups (broad SMARTS) is 1. The highest BCUT2D eigenvalue weighted by Gasteiger charge is 2.40. The average molecular weight is 1410 g/mol. The lowest BCUT2D eigenvalue weighted by molar-refractivity contribution is -0.139. The number of hydrogen-bond donors (Lipinski definition) is 21. The number of carbonyl (C=O) groups excluding carboxylic acids is 13. The number of aromatic amines is 1. The number of hydrogen-bond acceptors (Lipinski definition) is 20. The molecule has 13 amide bonds. The van der Waals surface area contributed by atoms with Crippen LogP contribution in [0.25, 0.3) is 10.9 Å². The third-order valence-electron chi connectivity index (χ3n) is 16.3. The fourth-order valence-electron chi connectivity index (χ4n) is 9.99. The summed E-state index contributed by atoms with van der Waals surface area (Å²) in [5.74, 6) is -14.4. The summed E-state index contributed by atoms with van der Waals surface area (Å²) in [5, 5.41) is 60.9. The Labute approximate surface area is 579 Å². The SMILES string of the molecule is CC[C@H](C)[C@@H](NC(=O)[C@@H](NC(=O)[C@H](CCC(=O)O)NC(=O)[C@H](Cc1ccccc1)NC(=O)[C@@H](CCN)NC(=O)[C@H](CCN)NC(=O)[C@H](CO)NC(=O)[C@@H](Cc1c[nH]c2ccccc12)NC(=O)[C@@H](CO)NC(=O)CNC(=O)[C@@H](CCN)NC(=O)[C@H](N)C(C)C)C(C)(C)C)C(=O)N[C@@H](C)C(N)=O. The number of benzene rings is 2. The number of para-hydroxylation sites is 1. The predicted molar refractivity (Wildman–Crippen MR) is 365 cm³/mol. The highest BCUT2D eigenvalue weighted by molar-refractivity contribution is 6.00. The highest BCUT2D eigenvalue weighted by Crippen LogP contribution is 2.22. The van der Waals surface area contributed by atoms with Gasteiger partial charge in [0, 0.05) is 36.4 Å². The number of amides is 13. The molecule has 0 fully saturated rings. The number of nitrogens with one attached hydrogen (secondary N) is 13. The lowest BCUT2D eigenvalue weighted by Crippen LogP contribution is -2.63. The number of aliphatic hydroxyl groups is 2. The van der Waals surface area contributed by atoms with E-state index in [2.05, 4.69) is 68.8 Å². The standard InChI is InChI=1S/C65H102N18O17/c1-9-34(4)51(63(99)73-35(5)53(70)89)82-64(100)52(65(6,7)8)83-57(93)40(19-20-49(87)88)75-58(94)44(27-36-15-11-10-12-16-36)79-56(92)43(23-26-68)76-55(91)42(22-25-67)77-61(97)47(32-85)81-59(95)45(28-37-29-71-39-18-14-13-17-38(37)39)80-60(96)46(31-84)74-48(86)30-72-54(90)41(21-24-66)78-62(98)50(69)33(2)3/h10-18,29,33-35,40-47,50-52,71,84-85H,9,19-28,30-32,66-69H2,1-8H3,(H2,70,89)(H,72,90)(H,73,99)(H,74,86)(H,75,94)(H,76,91)(H,77,97)(H,78,98)(H,79,92)(H,80,96)(H,81,95)(H,82,100)(H,83,93)(H,87,88)/t34-,35-,40-,41+,42-,43+,44-,45+,46+,47-,50+,51+,52+/m0/s1. The second kappa shape index (κ2) is 41.7. The van der Waals surface area contributed by atoms with Crippen LogP contribution in [0.5, 0.6) is 0 Å². The fraction of sp³-hybridized carbons (Fsp3) is 0.569. The zero-order valence-electron chi connectivity index (χ0n) is 57.7. The van der Waals surface area contributed by atoms with Crippen LogP contribution in [-0.4, -0.2) is 215 Å². The number of rotatable bonds is 43. The van der Waals surface area contributed by atoms with Gasteiger partial charge in [0.15, 0.2) is 0 Å². The molecule has 3 rings (SSSR count). The minimum absolute atomic E-state index is 0.0228. The van der Waals surface area contributed by atoms with Crippen molar-refractivity contribution < 1.29 is 82.4 Å². The van der Waals surface area contributed by atoms with E-state index in [9.17, 15) is 82.4 Å². The first-order valence-electron chi connectivity index (χ1n) is 32.9. The number of aliphatic hydroxyl groups excluding tert-OH is 2. The summed E-state index contributed by atoms with van der Waals surface area (Å²) < 4.78 is 0. The van der Waals surface area contributed by atoms with Crippen molar-refractivity contribution in [3.05, 3.63) is 71.9 Å². The highest BCUT2D eigenvalue weighted by atomic mass is 16.4. The lowest BCUT2D eigenvalue weighted by Gasteiger charge is -2.34. The van der Waals surface area contributed by atoms with Gasteiger partial charge in [-0.2, -0.15) is 0 Å². The van der Waals surface area contributed by atoms with Crippen molar-refractivity contribution in [2.24, 2.45) is 45.9 Å². The minimum atomic E-state index is -1.85. The van der Waals surface area contributed by atoms with Crippen molar-refractivity contribution in [2.75, 3.05) is 39.4 Å². The molecule has 100 heavy (non-hydrogen) atoms. The molecule has 1 aromatic heterocycles. The molecule has 0 aliphatic heterocycles. The van der Waals surface area contributed by atoms with Crippen LogP contribution < -0.4 is 92.5 Å². The Kier molecular flexibility index (Phi) is 35.2. The number of H-pyrrole nitrogens is 1. The first kappa shape index (κ1) is 84.5. The average Bonchev–Trinajstić information content (AvgIpc) is 1.49. The molecule has 35 nitrogen and oxygen atoms in total. The Morgan fingerprint density at radius 2 is 0.940 bits per heavy atom. The summed E-state index contributed by atoms with van der Waals surface area (Å²) in [5.41, 5.74) is 29.3. The summed E-state index contributed by atoms with van der Waals surface area (Å²) in [4.78, 5) is 193. The Morgan fingerprint density at radius 3 is 1.43 bits per heavy atom. The van der Waals surface area contributed by atoms with Crippen molar-refractivity contribution in [1.82, 2.24) is 68.8 Å². The van der Waals surface area contributed by atoms with Gasteiger partial charge in [-0.25, -0.2) is 0 Å². The normalized spacial score (nSPS) is 15.3. The lowest BCUT2D eigenvalue weighted by atomic mass is 9.85. The molecule has 0 aliphatic rings. The van der Waals surface area contributed by atoms with Gasteiger partial charge in [0.05, 0.1) is 25.8 Å². The molecule has 0 unspecified atom stereocenters. The first-order valence-corrected chi connectivity index (χ1v) is 32.9. The van der Waals surface area contributed by atoms with Gasteiger partial charge in [-0.15, -0.1) is 0 Å². The zero-order valence-corrected chi connectivity index (χ0v) is 57.7. The van der Waals surface area contributed by atoms with Crippen LogP contribution in [0.3, 0.4) is 0 Å². The molecule has 0 radical (unpaired) electrons.